The van der Waals surface area contributed by atoms with Crippen molar-refractivity contribution in [2.45, 2.75) is 0 Å². The lowest BCUT2D eigenvalue weighted by Crippen LogP contribution is -2.20. The quantitative estimate of drug-likeness (QED) is 0.771. The van der Waals surface area contributed by atoms with Gasteiger partial charge in [-0.25, -0.2) is 9.78 Å². The lowest BCUT2D eigenvalue weighted by Gasteiger charge is -2.03. The molecule has 0 unspecified atom stereocenters. The molecule has 2 aromatic heterocycles. The van der Waals surface area contributed by atoms with E-state index in [1.807, 2.05) is 30.3 Å². The van der Waals surface area contributed by atoms with Crippen molar-refractivity contribution in [1.82, 2.24) is 20.0 Å². The Morgan fingerprint density at radius 3 is 2.48 bits per heavy atom. The Hall–Kier alpha value is -3.22. The van der Waals surface area contributed by atoms with E-state index < -0.39 is 6.03 Å². The maximum absolute atomic E-state index is 11.8. The number of aromatic nitrogens is 4. The summed E-state index contributed by atoms with van der Waals surface area (Å²) < 4.78 is 0. The zero-order valence-electron chi connectivity index (χ0n) is 11.0. The third-order valence-corrected chi connectivity index (χ3v) is 2.63. The highest BCUT2D eigenvalue weighted by atomic mass is 16.2. The summed E-state index contributed by atoms with van der Waals surface area (Å²) in [6, 6.07) is 14.3. The summed E-state index contributed by atoms with van der Waals surface area (Å²) in [5.74, 6) is 0.817. The summed E-state index contributed by atoms with van der Waals surface area (Å²) >= 11 is 0. The predicted molar refractivity (Wildman–Crippen MR) is 78.2 cm³/mol. The second-order valence-electron chi connectivity index (χ2n) is 4.15. The summed E-state index contributed by atoms with van der Waals surface area (Å²) in [5, 5.41) is 13.5. The zero-order chi connectivity index (χ0) is 14.5. The monoisotopic (exact) mass is 280 g/mol. The maximum Gasteiger partial charge on any atom is 0.326 e. The van der Waals surface area contributed by atoms with Gasteiger partial charge in [0.1, 0.15) is 5.82 Å². The van der Waals surface area contributed by atoms with Gasteiger partial charge in [-0.2, -0.15) is 5.10 Å². The van der Waals surface area contributed by atoms with Gasteiger partial charge in [0.05, 0.1) is 11.9 Å². The zero-order valence-corrected chi connectivity index (χ0v) is 11.0. The molecule has 0 saturated heterocycles. The van der Waals surface area contributed by atoms with Gasteiger partial charge in [-0.15, -0.1) is 9.90 Å². The van der Waals surface area contributed by atoms with Gasteiger partial charge >= 0.3 is 6.03 Å². The van der Waals surface area contributed by atoms with E-state index in [-0.39, 0.29) is 0 Å². The van der Waals surface area contributed by atoms with E-state index >= 15 is 0 Å². The van der Waals surface area contributed by atoms with E-state index in [9.17, 15) is 4.79 Å². The first-order chi connectivity index (χ1) is 10.3. The molecule has 7 heteroatoms. The molecule has 0 atom stereocenters. The van der Waals surface area contributed by atoms with E-state index in [0.717, 1.165) is 5.69 Å². The summed E-state index contributed by atoms with van der Waals surface area (Å²) in [6.07, 6.45) is 3.08. The minimum atomic E-state index is -0.422. The number of pyridine rings is 1. The number of carbonyl (C=O) groups excluding carboxylic acids is 1. The molecule has 0 aliphatic carbocycles. The van der Waals surface area contributed by atoms with Crippen molar-refractivity contribution in [3.8, 4) is 5.69 Å². The van der Waals surface area contributed by atoms with E-state index in [0.29, 0.717) is 11.6 Å². The summed E-state index contributed by atoms with van der Waals surface area (Å²) in [5.41, 5.74) is 0.815. The topological polar surface area (TPSA) is 84.7 Å². The number of carbonyl (C=O) groups is 1. The van der Waals surface area contributed by atoms with Crippen LogP contribution in [0.5, 0.6) is 0 Å². The van der Waals surface area contributed by atoms with Gasteiger partial charge in [0.15, 0.2) is 5.82 Å². The van der Waals surface area contributed by atoms with Crippen molar-refractivity contribution in [3.63, 3.8) is 0 Å². The van der Waals surface area contributed by atoms with Gasteiger partial charge in [0.25, 0.3) is 0 Å². The molecule has 0 bridgehead atoms. The van der Waals surface area contributed by atoms with Crippen LogP contribution in [-0.4, -0.2) is 26.0 Å². The van der Waals surface area contributed by atoms with Crippen molar-refractivity contribution in [2.75, 3.05) is 10.6 Å². The summed E-state index contributed by atoms with van der Waals surface area (Å²) in [4.78, 5) is 17.2. The van der Waals surface area contributed by atoms with Crippen molar-refractivity contribution < 1.29 is 4.79 Å². The van der Waals surface area contributed by atoms with Crippen LogP contribution in [0, 0.1) is 0 Å². The molecule has 0 saturated carbocycles. The molecule has 3 rings (SSSR count). The average Bonchev–Trinajstić information content (AvgIpc) is 2.97. The average molecular weight is 280 g/mol. The van der Waals surface area contributed by atoms with Crippen LogP contribution in [0.3, 0.4) is 0 Å². The first-order valence-corrected chi connectivity index (χ1v) is 6.28. The first kappa shape index (κ1) is 12.8. The maximum atomic E-state index is 11.8. The number of hydrogen-bond acceptors (Lipinski definition) is 4. The number of amides is 2. The molecule has 0 spiro atoms. The molecular weight excluding hydrogens is 268 g/mol. The second kappa shape index (κ2) is 5.83. The van der Waals surface area contributed by atoms with Crippen LogP contribution in [0.25, 0.3) is 5.69 Å². The number of para-hydroxylation sites is 1. The van der Waals surface area contributed by atoms with Crippen LogP contribution >= 0.6 is 0 Å². The highest BCUT2D eigenvalue weighted by Gasteiger charge is 2.07. The lowest BCUT2D eigenvalue weighted by molar-refractivity contribution is 0.262. The summed E-state index contributed by atoms with van der Waals surface area (Å²) in [6.45, 7) is 0. The highest BCUT2D eigenvalue weighted by Crippen LogP contribution is 2.07. The standard InChI is InChI=1S/C14H12N6O/c21-14(17-12-8-4-5-9-15-12)18-13-10-16-20(19-13)11-6-2-1-3-7-11/h1-10H,(H2,15,17,18,19,21). The fraction of sp³-hybridized carbons (Fsp3) is 0. The van der Waals surface area contributed by atoms with Crippen LogP contribution in [0.4, 0.5) is 16.4 Å². The van der Waals surface area contributed by atoms with E-state index in [2.05, 4.69) is 25.8 Å². The number of hydrogen-bond donors (Lipinski definition) is 2. The van der Waals surface area contributed by atoms with Crippen LogP contribution in [0.1, 0.15) is 0 Å². The van der Waals surface area contributed by atoms with Crippen molar-refractivity contribution >= 4 is 17.7 Å². The molecule has 1 aromatic carbocycles. The second-order valence-corrected chi connectivity index (χ2v) is 4.15. The molecular formula is C14H12N6O. The predicted octanol–water partition coefficient (Wildman–Crippen LogP) is 2.31. The Morgan fingerprint density at radius 2 is 1.71 bits per heavy atom. The normalized spacial score (nSPS) is 10.1. The molecule has 0 aliphatic heterocycles. The third kappa shape index (κ3) is 3.21. The molecule has 2 N–H and O–H groups in total. The largest absolute Gasteiger partial charge is 0.326 e. The summed E-state index contributed by atoms with van der Waals surface area (Å²) in [7, 11) is 0. The SMILES string of the molecule is O=C(Nc1ccccn1)Nc1cnn(-c2ccccc2)n1. The van der Waals surface area contributed by atoms with E-state index in [4.69, 9.17) is 0 Å². The van der Waals surface area contributed by atoms with Gasteiger partial charge in [-0.3, -0.25) is 10.6 Å². The molecule has 0 fully saturated rings. The molecule has 3 aromatic rings. The van der Waals surface area contributed by atoms with Crippen LogP contribution < -0.4 is 10.6 Å². The number of nitrogens with zero attached hydrogens (tertiary/aromatic N) is 4. The molecule has 104 valence electrons. The molecule has 21 heavy (non-hydrogen) atoms. The Bertz CT molecular complexity index is 725. The molecule has 2 heterocycles. The molecule has 7 nitrogen and oxygen atoms in total. The highest BCUT2D eigenvalue weighted by molar-refractivity contribution is 5.98. The van der Waals surface area contributed by atoms with Gasteiger partial charge in [0.2, 0.25) is 0 Å². The van der Waals surface area contributed by atoms with E-state index in [1.54, 1.807) is 24.4 Å². The minimum absolute atomic E-state index is 0.354. The fourth-order valence-electron chi connectivity index (χ4n) is 1.71. The van der Waals surface area contributed by atoms with E-state index in [1.165, 1.54) is 11.0 Å². The third-order valence-electron chi connectivity index (χ3n) is 2.63. The Morgan fingerprint density at radius 1 is 0.952 bits per heavy atom. The van der Waals surface area contributed by atoms with Crippen LogP contribution in [0.2, 0.25) is 0 Å². The van der Waals surface area contributed by atoms with Crippen molar-refractivity contribution in [3.05, 3.63) is 60.9 Å². The number of benzene rings is 1. The molecule has 2 amide bonds. The molecule has 0 aliphatic rings. The van der Waals surface area contributed by atoms with Crippen LogP contribution in [0.15, 0.2) is 60.9 Å². The first-order valence-electron chi connectivity index (χ1n) is 6.28. The number of anilines is 2. The number of rotatable bonds is 3. The smallest absolute Gasteiger partial charge is 0.292 e. The van der Waals surface area contributed by atoms with Crippen molar-refractivity contribution in [1.29, 1.82) is 0 Å². The fourth-order valence-corrected chi connectivity index (χ4v) is 1.71. The Balaban J connectivity index is 1.66. The van der Waals surface area contributed by atoms with Gasteiger partial charge < -0.3 is 0 Å². The van der Waals surface area contributed by atoms with Gasteiger partial charge in [-0.1, -0.05) is 24.3 Å². The Labute approximate surface area is 120 Å². The molecule has 0 radical (unpaired) electrons. The number of nitrogens with one attached hydrogen (secondary N) is 2. The van der Waals surface area contributed by atoms with Crippen LogP contribution in [-0.2, 0) is 0 Å². The number of urea groups is 1. The lowest BCUT2D eigenvalue weighted by atomic mass is 10.3. The Kier molecular flexibility index (Phi) is 3.55. The van der Waals surface area contributed by atoms with Crippen molar-refractivity contribution in [2.24, 2.45) is 0 Å². The van der Waals surface area contributed by atoms with Gasteiger partial charge in [0, 0.05) is 6.20 Å². The van der Waals surface area contributed by atoms with Gasteiger partial charge in [-0.05, 0) is 24.3 Å². The minimum Gasteiger partial charge on any atom is -0.292 e.